The lowest BCUT2D eigenvalue weighted by Crippen LogP contribution is -1.95. The molecule has 0 aliphatic carbocycles. The van der Waals surface area contributed by atoms with Gasteiger partial charge in [0.15, 0.2) is 0 Å². The highest BCUT2D eigenvalue weighted by molar-refractivity contribution is 5.63. The topological polar surface area (TPSA) is 46.2 Å². The first-order valence-electron chi connectivity index (χ1n) is 5.77. The molecule has 17 heavy (non-hydrogen) atoms. The van der Waals surface area contributed by atoms with E-state index in [1.807, 2.05) is 30.3 Å². The van der Waals surface area contributed by atoms with Gasteiger partial charge in [-0.3, -0.25) is 0 Å². The van der Waals surface area contributed by atoms with Crippen molar-refractivity contribution in [3.63, 3.8) is 0 Å². The highest BCUT2D eigenvalue weighted by atomic mass is 16.2. The van der Waals surface area contributed by atoms with Crippen LogP contribution in [0.2, 0.25) is 0 Å². The summed E-state index contributed by atoms with van der Waals surface area (Å²) in [5.41, 5.74) is 9.24. The summed E-state index contributed by atoms with van der Waals surface area (Å²) >= 11 is 0. The SMILES string of the molecule is CCO.NCc1cccc(-c2ccccc2)c1. The summed E-state index contributed by atoms with van der Waals surface area (Å²) < 4.78 is 0. The van der Waals surface area contributed by atoms with Crippen LogP contribution < -0.4 is 5.73 Å². The van der Waals surface area contributed by atoms with Crippen molar-refractivity contribution in [2.24, 2.45) is 5.73 Å². The van der Waals surface area contributed by atoms with E-state index in [0.717, 1.165) is 0 Å². The lowest BCUT2D eigenvalue weighted by Gasteiger charge is -2.03. The van der Waals surface area contributed by atoms with Gasteiger partial charge in [0.05, 0.1) is 0 Å². The summed E-state index contributed by atoms with van der Waals surface area (Å²) in [6, 6.07) is 18.7. The summed E-state index contributed by atoms with van der Waals surface area (Å²) in [6.07, 6.45) is 0. The molecule has 0 radical (unpaired) electrons. The quantitative estimate of drug-likeness (QED) is 0.831. The second-order valence-electron chi connectivity index (χ2n) is 3.59. The average Bonchev–Trinajstić information content (AvgIpc) is 2.41. The van der Waals surface area contributed by atoms with E-state index in [0.29, 0.717) is 6.54 Å². The van der Waals surface area contributed by atoms with Gasteiger partial charge in [-0.1, -0.05) is 48.5 Å². The lowest BCUT2D eigenvalue weighted by atomic mass is 10.0. The molecule has 2 nitrogen and oxygen atoms in total. The normalized spacial score (nSPS) is 9.35. The Bertz CT molecular complexity index is 426. The molecule has 0 fully saturated rings. The second-order valence-corrected chi connectivity index (χ2v) is 3.59. The molecule has 0 amide bonds. The minimum Gasteiger partial charge on any atom is -0.397 e. The van der Waals surface area contributed by atoms with Gasteiger partial charge in [-0.15, -0.1) is 0 Å². The Hall–Kier alpha value is -1.64. The van der Waals surface area contributed by atoms with E-state index in [2.05, 4.69) is 24.3 Å². The molecule has 0 aromatic heterocycles. The van der Waals surface area contributed by atoms with Crippen LogP contribution in [0.25, 0.3) is 11.1 Å². The van der Waals surface area contributed by atoms with Gasteiger partial charge in [0.2, 0.25) is 0 Å². The molecule has 0 saturated heterocycles. The number of aliphatic hydroxyl groups excluding tert-OH is 1. The van der Waals surface area contributed by atoms with E-state index >= 15 is 0 Å². The van der Waals surface area contributed by atoms with Gasteiger partial charge in [0.1, 0.15) is 0 Å². The van der Waals surface area contributed by atoms with Crippen molar-refractivity contribution in [2.75, 3.05) is 6.61 Å². The molecule has 90 valence electrons. The van der Waals surface area contributed by atoms with Gasteiger partial charge in [0.25, 0.3) is 0 Å². The first-order chi connectivity index (χ1) is 8.31. The number of nitrogens with two attached hydrogens (primary N) is 1. The molecule has 0 bridgehead atoms. The minimum atomic E-state index is 0.250. The molecular weight excluding hydrogens is 210 g/mol. The van der Waals surface area contributed by atoms with Crippen LogP contribution in [0.1, 0.15) is 12.5 Å². The largest absolute Gasteiger partial charge is 0.397 e. The fourth-order valence-electron chi connectivity index (χ4n) is 1.51. The molecule has 0 unspecified atom stereocenters. The van der Waals surface area contributed by atoms with E-state index in [9.17, 15) is 0 Å². The van der Waals surface area contributed by atoms with E-state index in [-0.39, 0.29) is 6.61 Å². The highest BCUT2D eigenvalue weighted by Gasteiger charge is 1.96. The molecule has 0 saturated carbocycles. The lowest BCUT2D eigenvalue weighted by molar-refractivity contribution is 0.318. The number of hydrogen-bond acceptors (Lipinski definition) is 2. The van der Waals surface area contributed by atoms with Crippen molar-refractivity contribution in [1.82, 2.24) is 0 Å². The second kappa shape index (κ2) is 7.60. The number of hydrogen-bond donors (Lipinski definition) is 2. The zero-order valence-electron chi connectivity index (χ0n) is 10.1. The van der Waals surface area contributed by atoms with E-state index < -0.39 is 0 Å². The zero-order chi connectivity index (χ0) is 12.5. The smallest absolute Gasteiger partial charge is 0.0402 e. The third-order valence-corrected chi connectivity index (χ3v) is 2.27. The van der Waals surface area contributed by atoms with Crippen LogP contribution in [0.3, 0.4) is 0 Å². The van der Waals surface area contributed by atoms with E-state index in [4.69, 9.17) is 10.8 Å². The van der Waals surface area contributed by atoms with Crippen molar-refractivity contribution in [1.29, 1.82) is 0 Å². The Kier molecular flexibility index (Phi) is 6.00. The molecule has 2 aromatic rings. The third-order valence-electron chi connectivity index (χ3n) is 2.27. The van der Waals surface area contributed by atoms with Crippen molar-refractivity contribution in [3.05, 3.63) is 60.2 Å². The molecule has 0 aliphatic heterocycles. The summed E-state index contributed by atoms with van der Waals surface area (Å²) in [5, 5.41) is 7.57. The van der Waals surface area contributed by atoms with Gasteiger partial charge < -0.3 is 10.8 Å². The third kappa shape index (κ3) is 4.39. The van der Waals surface area contributed by atoms with Gasteiger partial charge in [0, 0.05) is 13.2 Å². The Morgan fingerprint density at radius 2 is 1.53 bits per heavy atom. The molecule has 2 rings (SSSR count). The standard InChI is InChI=1S/C13H13N.C2H6O/c14-10-11-5-4-8-13(9-11)12-6-2-1-3-7-12;1-2-3/h1-9H,10,14H2;3H,2H2,1H3. The first-order valence-corrected chi connectivity index (χ1v) is 5.77. The maximum atomic E-state index is 7.57. The number of rotatable bonds is 2. The average molecular weight is 229 g/mol. The number of benzene rings is 2. The Labute approximate surface area is 103 Å². The molecule has 2 heteroatoms. The molecule has 0 spiro atoms. The summed E-state index contributed by atoms with van der Waals surface area (Å²) in [6.45, 7) is 2.53. The predicted octanol–water partition coefficient (Wildman–Crippen LogP) is 2.81. The van der Waals surface area contributed by atoms with Crippen LogP contribution in [0.5, 0.6) is 0 Å². The maximum absolute atomic E-state index is 7.57. The molecule has 2 aromatic carbocycles. The van der Waals surface area contributed by atoms with Crippen molar-refractivity contribution < 1.29 is 5.11 Å². The Morgan fingerprint density at radius 1 is 0.941 bits per heavy atom. The van der Waals surface area contributed by atoms with Crippen molar-refractivity contribution >= 4 is 0 Å². The van der Waals surface area contributed by atoms with Gasteiger partial charge in [-0.05, 0) is 29.7 Å². The van der Waals surface area contributed by atoms with Crippen LogP contribution in [0, 0.1) is 0 Å². The van der Waals surface area contributed by atoms with Crippen LogP contribution in [0.4, 0.5) is 0 Å². The monoisotopic (exact) mass is 229 g/mol. The number of aliphatic hydroxyl groups is 1. The predicted molar refractivity (Wildman–Crippen MR) is 72.5 cm³/mol. The fraction of sp³-hybridized carbons (Fsp3) is 0.200. The molecule has 0 heterocycles. The summed E-state index contributed by atoms with van der Waals surface area (Å²) in [4.78, 5) is 0. The molecular formula is C15H19NO. The first kappa shape index (κ1) is 13.4. The van der Waals surface area contributed by atoms with Crippen molar-refractivity contribution in [2.45, 2.75) is 13.5 Å². The van der Waals surface area contributed by atoms with Crippen LogP contribution in [-0.2, 0) is 6.54 Å². The minimum absolute atomic E-state index is 0.250. The van der Waals surface area contributed by atoms with E-state index in [1.54, 1.807) is 6.92 Å². The van der Waals surface area contributed by atoms with Crippen LogP contribution >= 0.6 is 0 Å². The van der Waals surface area contributed by atoms with E-state index in [1.165, 1.54) is 16.7 Å². The molecule has 0 atom stereocenters. The Balaban J connectivity index is 0.000000437. The van der Waals surface area contributed by atoms with Crippen LogP contribution in [-0.4, -0.2) is 11.7 Å². The fourth-order valence-corrected chi connectivity index (χ4v) is 1.51. The van der Waals surface area contributed by atoms with Gasteiger partial charge in [-0.25, -0.2) is 0 Å². The van der Waals surface area contributed by atoms with Gasteiger partial charge in [-0.2, -0.15) is 0 Å². The summed E-state index contributed by atoms with van der Waals surface area (Å²) in [5.74, 6) is 0. The Morgan fingerprint density at radius 3 is 2.12 bits per heavy atom. The zero-order valence-corrected chi connectivity index (χ0v) is 10.1. The van der Waals surface area contributed by atoms with Crippen LogP contribution in [0.15, 0.2) is 54.6 Å². The highest BCUT2D eigenvalue weighted by Crippen LogP contribution is 2.19. The molecule has 3 N–H and O–H groups in total. The molecule has 0 aliphatic rings. The van der Waals surface area contributed by atoms with Gasteiger partial charge >= 0.3 is 0 Å². The van der Waals surface area contributed by atoms with Crippen molar-refractivity contribution in [3.8, 4) is 11.1 Å². The maximum Gasteiger partial charge on any atom is 0.0402 e. The summed E-state index contributed by atoms with van der Waals surface area (Å²) in [7, 11) is 0.